The van der Waals surface area contributed by atoms with Crippen LogP contribution in [0.4, 0.5) is 0 Å². The first-order valence-corrected chi connectivity index (χ1v) is 8.86. The monoisotopic (exact) mass is 322 g/mol. The van der Waals surface area contributed by atoms with E-state index < -0.39 is 20.6 Å². The van der Waals surface area contributed by atoms with Crippen LogP contribution in [0.1, 0.15) is 52.4 Å². The molecule has 0 saturated heterocycles. The van der Waals surface area contributed by atoms with Crippen molar-refractivity contribution in [3.05, 3.63) is 12.7 Å². The van der Waals surface area contributed by atoms with Gasteiger partial charge in [0.25, 0.3) is 0 Å². The van der Waals surface area contributed by atoms with E-state index in [-0.39, 0.29) is 13.2 Å². The van der Waals surface area contributed by atoms with Gasteiger partial charge in [0.15, 0.2) is 0 Å². The Labute approximate surface area is 127 Å². The molecule has 0 radical (unpaired) electrons. The summed E-state index contributed by atoms with van der Waals surface area (Å²) >= 11 is 0. The van der Waals surface area contributed by atoms with Gasteiger partial charge < -0.3 is 4.74 Å². The minimum Gasteiger partial charge on any atom is -0.435 e. The molecule has 0 unspecified atom stereocenters. The zero-order valence-corrected chi connectivity index (χ0v) is 13.9. The second-order valence-electron chi connectivity index (χ2n) is 4.44. The van der Waals surface area contributed by atoms with Crippen molar-refractivity contribution in [1.29, 1.82) is 0 Å². The van der Waals surface area contributed by atoms with E-state index in [4.69, 9.17) is 13.6 Å². The summed E-state index contributed by atoms with van der Waals surface area (Å²) in [7, 11) is -3.68. The summed E-state index contributed by atoms with van der Waals surface area (Å²) in [5.41, 5.74) is 0. The molecule has 0 heterocycles. The molecule has 0 amide bonds. The van der Waals surface area contributed by atoms with Crippen molar-refractivity contribution < 1.29 is 27.7 Å². The van der Waals surface area contributed by atoms with Crippen LogP contribution in [0, 0.1) is 0 Å². The van der Waals surface area contributed by atoms with Crippen LogP contribution in [0.25, 0.3) is 0 Å². The molecule has 0 aromatic carbocycles. The Hall–Kier alpha value is -0.680. The summed E-state index contributed by atoms with van der Waals surface area (Å²) in [6.45, 7) is 7.47. The Morgan fingerprint density at radius 2 is 1.52 bits per heavy atom. The lowest BCUT2D eigenvalue weighted by atomic mass is 10.3. The summed E-state index contributed by atoms with van der Waals surface area (Å²) in [5, 5.41) is 0. The fourth-order valence-corrected chi connectivity index (χ4v) is 2.49. The predicted octanol–water partition coefficient (Wildman–Crippen LogP) is 4.21. The van der Waals surface area contributed by atoms with Crippen LogP contribution in [0.2, 0.25) is 0 Å². The average Bonchev–Trinajstić information content (AvgIpc) is 2.48. The highest BCUT2D eigenvalue weighted by Crippen LogP contribution is 2.49. The van der Waals surface area contributed by atoms with E-state index >= 15 is 0 Å². The zero-order chi connectivity index (χ0) is 16.0. The van der Waals surface area contributed by atoms with Gasteiger partial charge in [-0.05, 0) is 12.8 Å². The molecule has 0 fully saturated rings. The van der Waals surface area contributed by atoms with Gasteiger partial charge in [0, 0.05) is 6.08 Å². The van der Waals surface area contributed by atoms with Crippen molar-refractivity contribution in [2.24, 2.45) is 0 Å². The minimum absolute atomic E-state index is 0.286. The molecule has 0 saturated carbocycles. The standard InChI is InChI=1S/C14H27O6P/c1-4-7-9-11-18-21(16,19-12-10-8-5-2)20-13-17-14(15)6-3/h6H,3-5,7-13H2,1-2H3. The lowest BCUT2D eigenvalue weighted by molar-refractivity contribution is -0.145. The van der Waals surface area contributed by atoms with E-state index in [9.17, 15) is 9.36 Å². The summed E-state index contributed by atoms with van der Waals surface area (Å²) in [6.07, 6.45) is 6.55. The van der Waals surface area contributed by atoms with Crippen molar-refractivity contribution in [1.82, 2.24) is 0 Å². The number of phosphoric acid groups is 1. The second kappa shape index (κ2) is 13.0. The number of ether oxygens (including phenoxy) is 1. The van der Waals surface area contributed by atoms with E-state index in [1.165, 1.54) is 0 Å². The van der Waals surface area contributed by atoms with Crippen molar-refractivity contribution in [2.75, 3.05) is 20.0 Å². The van der Waals surface area contributed by atoms with Crippen LogP contribution in [0.15, 0.2) is 12.7 Å². The minimum atomic E-state index is -3.68. The van der Waals surface area contributed by atoms with Crippen LogP contribution in [0.5, 0.6) is 0 Å². The maximum atomic E-state index is 12.3. The van der Waals surface area contributed by atoms with Gasteiger partial charge in [0.2, 0.25) is 6.79 Å². The largest absolute Gasteiger partial charge is 0.477 e. The highest BCUT2D eigenvalue weighted by molar-refractivity contribution is 7.48. The molecule has 0 atom stereocenters. The first-order valence-electron chi connectivity index (χ1n) is 7.40. The maximum absolute atomic E-state index is 12.3. The second-order valence-corrected chi connectivity index (χ2v) is 6.11. The van der Waals surface area contributed by atoms with Gasteiger partial charge >= 0.3 is 13.8 Å². The molecular formula is C14H27O6P. The Bertz CT molecular complexity index is 315. The number of carbonyl (C=O) groups is 1. The summed E-state index contributed by atoms with van der Waals surface area (Å²) < 4.78 is 32.4. The summed E-state index contributed by atoms with van der Waals surface area (Å²) in [6, 6.07) is 0. The van der Waals surface area contributed by atoms with E-state index in [0.717, 1.165) is 44.6 Å². The Balaban J connectivity index is 4.19. The SMILES string of the molecule is C=CC(=O)OCOP(=O)(OCCCCC)OCCCCC. The highest BCUT2D eigenvalue weighted by Gasteiger charge is 2.27. The van der Waals surface area contributed by atoms with Crippen LogP contribution in [-0.4, -0.2) is 26.0 Å². The first kappa shape index (κ1) is 20.3. The third-order valence-corrected chi connectivity index (χ3v) is 3.99. The molecule has 0 aliphatic heterocycles. The summed E-state index contributed by atoms with van der Waals surface area (Å²) in [5.74, 6) is -0.654. The Kier molecular flexibility index (Phi) is 12.6. The van der Waals surface area contributed by atoms with E-state index in [0.29, 0.717) is 0 Å². The fraction of sp³-hybridized carbons (Fsp3) is 0.786. The number of phosphoric ester groups is 1. The predicted molar refractivity (Wildman–Crippen MR) is 80.8 cm³/mol. The molecule has 0 aromatic heterocycles. The Morgan fingerprint density at radius 1 is 1.00 bits per heavy atom. The normalized spacial score (nSPS) is 11.3. The molecule has 0 rings (SSSR count). The molecule has 0 N–H and O–H groups in total. The quantitative estimate of drug-likeness (QED) is 0.157. The third-order valence-electron chi connectivity index (χ3n) is 2.57. The van der Waals surface area contributed by atoms with Crippen LogP contribution in [0.3, 0.4) is 0 Å². The molecule has 124 valence electrons. The van der Waals surface area contributed by atoms with Gasteiger partial charge in [-0.1, -0.05) is 46.1 Å². The van der Waals surface area contributed by atoms with Gasteiger partial charge in [0.05, 0.1) is 13.2 Å². The van der Waals surface area contributed by atoms with E-state index in [1.54, 1.807) is 0 Å². The van der Waals surface area contributed by atoms with Crippen molar-refractivity contribution in [3.63, 3.8) is 0 Å². The number of rotatable bonds is 14. The topological polar surface area (TPSA) is 71.1 Å². The van der Waals surface area contributed by atoms with Gasteiger partial charge in [-0.15, -0.1) is 0 Å². The van der Waals surface area contributed by atoms with E-state index in [2.05, 4.69) is 25.2 Å². The lowest BCUT2D eigenvalue weighted by Gasteiger charge is -2.17. The van der Waals surface area contributed by atoms with Gasteiger partial charge in [-0.2, -0.15) is 0 Å². The smallest absolute Gasteiger partial charge is 0.435 e. The van der Waals surface area contributed by atoms with Crippen molar-refractivity contribution in [3.8, 4) is 0 Å². The maximum Gasteiger partial charge on any atom is 0.477 e. The Morgan fingerprint density at radius 3 is 1.95 bits per heavy atom. The molecule has 21 heavy (non-hydrogen) atoms. The average molecular weight is 322 g/mol. The summed E-state index contributed by atoms with van der Waals surface area (Å²) in [4.78, 5) is 10.9. The molecule has 6 nitrogen and oxygen atoms in total. The molecular weight excluding hydrogens is 295 g/mol. The number of carbonyl (C=O) groups excluding carboxylic acids is 1. The van der Waals surface area contributed by atoms with Crippen molar-refractivity contribution in [2.45, 2.75) is 52.4 Å². The number of unbranched alkanes of at least 4 members (excludes halogenated alkanes) is 4. The number of esters is 1. The molecule has 0 aliphatic carbocycles. The first-order chi connectivity index (χ1) is 10.1. The fourth-order valence-electron chi connectivity index (χ4n) is 1.38. The van der Waals surface area contributed by atoms with Crippen LogP contribution >= 0.6 is 7.82 Å². The lowest BCUT2D eigenvalue weighted by Crippen LogP contribution is -2.08. The molecule has 0 aliphatic rings. The van der Waals surface area contributed by atoms with E-state index in [1.807, 2.05) is 0 Å². The van der Waals surface area contributed by atoms with Gasteiger partial charge in [0.1, 0.15) is 0 Å². The van der Waals surface area contributed by atoms with Crippen LogP contribution < -0.4 is 0 Å². The zero-order valence-electron chi connectivity index (χ0n) is 13.0. The van der Waals surface area contributed by atoms with Gasteiger partial charge in [-0.3, -0.25) is 9.05 Å². The molecule has 0 bridgehead atoms. The number of hydrogen-bond acceptors (Lipinski definition) is 6. The molecule has 7 heteroatoms. The highest BCUT2D eigenvalue weighted by atomic mass is 31.2. The van der Waals surface area contributed by atoms with Crippen LogP contribution in [-0.2, 0) is 27.7 Å². The van der Waals surface area contributed by atoms with Crippen molar-refractivity contribution >= 4 is 13.8 Å². The van der Waals surface area contributed by atoms with Gasteiger partial charge in [-0.25, -0.2) is 13.9 Å². The molecule has 0 aromatic rings. The number of hydrogen-bond donors (Lipinski definition) is 0. The third kappa shape index (κ3) is 11.6. The molecule has 0 spiro atoms.